The van der Waals surface area contributed by atoms with Gasteiger partial charge in [-0.2, -0.15) is 0 Å². The summed E-state index contributed by atoms with van der Waals surface area (Å²) in [5, 5.41) is 8.98. The maximum atomic E-state index is 8.98. The molecular weight excluding hydrogens is 152 g/mol. The van der Waals surface area contributed by atoms with Gasteiger partial charge in [-0.25, -0.2) is 4.98 Å². The molecule has 0 bridgehead atoms. The van der Waals surface area contributed by atoms with Crippen LogP contribution in [0.15, 0.2) is 12.5 Å². The molecule has 0 aliphatic heterocycles. The third kappa shape index (κ3) is 1.14. The minimum absolute atomic E-state index is 0.102. The van der Waals surface area contributed by atoms with Crippen LogP contribution in [0.1, 0.15) is 31.5 Å². The van der Waals surface area contributed by atoms with Crippen LogP contribution in [0.2, 0.25) is 0 Å². The van der Waals surface area contributed by atoms with E-state index in [9.17, 15) is 0 Å². The lowest BCUT2D eigenvalue weighted by Crippen LogP contribution is -2.25. The first kappa shape index (κ1) is 7.80. The number of nitrogens with zero attached hydrogens (tertiary/aromatic N) is 2. The molecule has 66 valence electrons. The molecule has 0 radical (unpaired) electrons. The topological polar surface area (TPSA) is 38.0 Å². The average Bonchev–Trinajstić information content (AvgIpc) is 2.45. The zero-order valence-electron chi connectivity index (χ0n) is 7.27. The molecule has 0 spiro atoms. The lowest BCUT2D eigenvalue weighted by molar-refractivity contribution is 0.196. The van der Waals surface area contributed by atoms with E-state index in [1.54, 1.807) is 6.20 Å². The first-order valence-corrected chi connectivity index (χ1v) is 4.43. The van der Waals surface area contributed by atoms with Crippen LogP contribution in [0.4, 0.5) is 0 Å². The van der Waals surface area contributed by atoms with Crippen molar-refractivity contribution >= 4 is 0 Å². The predicted molar refractivity (Wildman–Crippen MR) is 45.6 cm³/mol. The van der Waals surface area contributed by atoms with Crippen molar-refractivity contribution in [1.82, 2.24) is 9.55 Å². The van der Waals surface area contributed by atoms with Crippen molar-refractivity contribution < 1.29 is 5.11 Å². The molecule has 1 aromatic rings. The van der Waals surface area contributed by atoms with Crippen LogP contribution in [0.25, 0.3) is 0 Å². The summed E-state index contributed by atoms with van der Waals surface area (Å²) in [5.74, 6) is 0.837. The lowest BCUT2D eigenvalue weighted by atomic mass is 9.81. The molecule has 1 N–H and O–H groups in total. The fourth-order valence-corrected chi connectivity index (χ4v) is 1.87. The van der Waals surface area contributed by atoms with Gasteiger partial charge in [0.15, 0.2) is 0 Å². The first-order chi connectivity index (χ1) is 5.81. The van der Waals surface area contributed by atoms with E-state index in [1.807, 2.05) is 6.33 Å². The van der Waals surface area contributed by atoms with Gasteiger partial charge in [-0.05, 0) is 18.8 Å². The van der Waals surface area contributed by atoms with Gasteiger partial charge >= 0.3 is 0 Å². The SMILES string of the molecule is CC1CC(n2cncc2CO)C1. The van der Waals surface area contributed by atoms with Gasteiger partial charge in [0, 0.05) is 6.04 Å². The highest BCUT2D eigenvalue weighted by Gasteiger charge is 2.27. The molecule has 3 heteroatoms. The Morgan fingerprint density at radius 1 is 1.67 bits per heavy atom. The summed E-state index contributed by atoms with van der Waals surface area (Å²) < 4.78 is 2.10. The molecule has 2 rings (SSSR count). The number of imidazole rings is 1. The van der Waals surface area contributed by atoms with Crippen LogP contribution in [0.5, 0.6) is 0 Å². The summed E-state index contributed by atoms with van der Waals surface area (Å²) in [6.07, 6.45) is 6.01. The van der Waals surface area contributed by atoms with E-state index in [1.165, 1.54) is 12.8 Å². The number of hydrogen-bond donors (Lipinski definition) is 1. The second kappa shape index (κ2) is 2.90. The monoisotopic (exact) mass is 166 g/mol. The highest BCUT2D eigenvalue weighted by Crippen LogP contribution is 2.37. The molecule has 1 aliphatic rings. The Labute approximate surface area is 72.0 Å². The number of aliphatic hydroxyl groups excluding tert-OH is 1. The van der Waals surface area contributed by atoms with Crippen LogP contribution >= 0.6 is 0 Å². The Kier molecular flexibility index (Phi) is 1.89. The van der Waals surface area contributed by atoms with Crippen molar-refractivity contribution in [2.45, 2.75) is 32.4 Å². The van der Waals surface area contributed by atoms with Crippen molar-refractivity contribution in [1.29, 1.82) is 0 Å². The van der Waals surface area contributed by atoms with Gasteiger partial charge < -0.3 is 9.67 Å². The van der Waals surface area contributed by atoms with E-state index >= 15 is 0 Å². The molecule has 1 fully saturated rings. The standard InChI is InChI=1S/C9H14N2O/c1-7-2-8(3-7)11-6-10-4-9(11)5-12/h4,6-8,12H,2-3,5H2,1H3. The largest absolute Gasteiger partial charge is 0.390 e. The number of aromatic nitrogens is 2. The van der Waals surface area contributed by atoms with Crippen molar-refractivity contribution in [2.24, 2.45) is 5.92 Å². The summed E-state index contributed by atoms with van der Waals surface area (Å²) in [5.41, 5.74) is 0.937. The van der Waals surface area contributed by atoms with Crippen LogP contribution < -0.4 is 0 Å². The molecule has 1 aliphatic carbocycles. The summed E-state index contributed by atoms with van der Waals surface area (Å²) >= 11 is 0. The maximum absolute atomic E-state index is 8.98. The van der Waals surface area contributed by atoms with Gasteiger partial charge in [0.2, 0.25) is 0 Å². The summed E-state index contributed by atoms with van der Waals surface area (Å²) in [6, 6.07) is 0.588. The van der Waals surface area contributed by atoms with E-state index in [0.717, 1.165) is 11.6 Å². The summed E-state index contributed by atoms with van der Waals surface area (Å²) in [4.78, 5) is 4.02. The van der Waals surface area contributed by atoms with Gasteiger partial charge in [0.25, 0.3) is 0 Å². The van der Waals surface area contributed by atoms with Crippen molar-refractivity contribution in [3.05, 3.63) is 18.2 Å². The fourth-order valence-electron chi connectivity index (χ4n) is 1.87. The highest BCUT2D eigenvalue weighted by molar-refractivity contribution is 5.00. The summed E-state index contributed by atoms with van der Waals surface area (Å²) in [6.45, 7) is 2.36. The third-order valence-electron chi connectivity index (χ3n) is 2.65. The molecule has 0 amide bonds. The van der Waals surface area contributed by atoms with Crippen LogP contribution in [0.3, 0.4) is 0 Å². The van der Waals surface area contributed by atoms with Crippen molar-refractivity contribution in [3.63, 3.8) is 0 Å². The molecule has 1 aromatic heterocycles. The minimum atomic E-state index is 0.102. The normalized spacial score (nSPS) is 28.5. The van der Waals surface area contributed by atoms with Crippen LogP contribution in [0, 0.1) is 5.92 Å². The van der Waals surface area contributed by atoms with E-state index < -0.39 is 0 Å². The second-order valence-electron chi connectivity index (χ2n) is 3.68. The van der Waals surface area contributed by atoms with Crippen LogP contribution in [-0.2, 0) is 6.61 Å². The second-order valence-corrected chi connectivity index (χ2v) is 3.68. The van der Waals surface area contributed by atoms with Gasteiger partial charge in [-0.15, -0.1) is 0 Å². The average molecular weight is 166 g/mol. The Morgan fingerprint density at radius 3 is 3.00 bits per heavy atom. The number of rotatable bonds is 2. The van der Waals surface area contributed by atoms with Gasteiger partial charge in [0.05, 0.1) is 24.8 Å². The Hall–Kier alpha value is -0.830. The smallest absolute Gasteiger partial charge is 0.0951 e. The first-order valence-electron chi connectivity index (χ1n) is 4.43. The van der Waals surface area contributed by atoms with Gasteiger partial charge in [0.1, 0.15) is 0 Å². The van der Waals surface area contributed by atoms with E-state index in [0.29, 0.717) is 6.04 Å². The van der Waals surface area contributed by atoms with E-state index in [2.05, 4.69) is 16.5 Å². The molecular formula is C9H14N2O. The molecule has 1 saturated carbocycles. The Bertz CT molecular complexity index is 263. The highest BCUT2D eigenvalue weighted by atomic mass is 16.3. The minimum Gasteiger partial charge on any atom is -0.390 e. The zero-order valence-corrected chi connectivity index (χ0v) is 7.27. The number of hydrogen-bond acceptors (Lipinski definition) is 2. The summed E-state index contributed by atoms with van der Waals surface area (Å²) in [7, 11) is 0. The lowest BCUT2D eigenvalue weighted by Gasteiger charge is -2.34. The molecule has 12 heavy (non-hydrogen) atoms. The van der Waals surface area contributed by atoms with E-state index in [-0.39, 0.29) is 6.61 Å². The molecule has 3 nitrogen and oxygen atoms in total. The fraction of sp³-hybridized carbons (Fsp3) is 0.667. The van der Waals surface area contributed by atoms with Crippen LogP contribution in [-0.4, -0.2) is 14.7 Å². The van der Waals surface area contributed by atoms with Gasteiger partial charge in [-0.1, -0.05) is 6.92 Å². The predicted octanol–water partition coefficient (Wildman–Crippen LogP) is 1.35. The Balaban J connectivity index is 2.12. The Morgan fingerprint density at radius 2 is 2.42 bits per heavy atom. The third-order valence-corrected chi connectivity index (χ3v) is 2.65. The van der Waals surface area contributed by atoms with Gasteiger partial charge in [-0.3, -0.25) is 0 Å². The molecule has 0 aromatic carbocycles. The van der Waals surface area contributed by atoms with Crippen molar-refractivity contribution in [2.75, 3.05) is 0 Å². The molecule has 0 saturated heterocycles. The maximum Gasteiger partial charge on any atom is 0.0951 e. The molecule has 0 atom stereocenters. The molecule has 0 unspecified atom stereocenters. The van der Waals surface area contributed by atoms with Crippen molar-refractivity contribution in [3.8, 4) is 0 Å². The van der Waals surface area contributed by atoms with E-state index in [4.69, 9.17) is 5.11 Å². The number of aliphatic hydroxyl groups is 1. The quantitative estimate of drug-likeness (QED) is 0.720. The molecule has 1 heterocycles. The zero-order chi connectivity index (χ0) is 8.55.